The maximum Gasteiger partial charge on any atom is 0.252 e. The maximum atomic E-state index is 11.4. The van der Waals surface area contributed by atoms with Gasteiger partial charge in [0.05, 0.1) is 12.8 Å². The fourth-order valence-electron chi connectivity index (χ4n) is 1.44. The van der Waals surface area contributed by atoms with E-state index in [1.165, 1.54) is 6.07 Å². The second-order valence-corrected chi connectivity index (χ2v) is 3.35. The van der Waals surface area contributed by atoms with Crippen LogP contribution in [0.2, 0.25) is 0 Å². The van der Waals surface area contributed by atoms with Gasteiger partial charge in [0, 0.05) is 11.6 Å². The highest BCUT2D eigenvalue weighted by atomic mass is 16.5. The molecule has 0 fully saturated rings. The number of nitrogens with two attached hydrogens (primary N) is 1. The van der Waals surface area contributed by atoms with Crippen LogP contribution in [0.1, 0.15) is 0 Å². The fraction of sp³-hybridized carbons (Fsp3) is 0.0909. The number of hydrogen-bond donors (Lipinski definition) is 3. The van der Waals surface area contributed by atoms with E-state index in [4.69, 9.17) is 10.6 Å². The van der Waals surface area contributed by atoms with Crippen LogP contribution in [0.15, 0.2) is 35.1 Å². The minimum absolute atomic E-state index is 0.225. The zero-order chi connectivity index (χ0) is 12.3. The van der Waals surface area contributed by atoms with Crippen LogP contribution in [0, 0.1) is 0 Å². The molecule has 6 heteroatoms. The van der Waals surface area contributed by atoms with Crippen LogP contribution in [0.4, 0.5) is 5.95 Å². The Bertz CT molecular complexity index is 562. The van der Waals surface area contributed by atoms with Crippen molar-refractivity contribution in [3.63, 3.8) is 0 Å². The van der Waals surface area contributed by atoms with E-state index in [1.54, 1.807) is 19.2 Å². The molecule has 0 bridgehead atoms. The number of rotatable bonds is 3. The smallest absolute Gasteiger partial charge is 0.252 e. The second kappa shape index (κ2) is 4.67. The third-order valence-corrected chi connectivity index (χ3v) is 2.26. The van der Waals surface area contributed by atoms with Crippen molar-refractivity contribution in [1.82, 2.24) is 9.97 Å². The summed E-state index contributed by atoms with van der Waals surface area (Å²) in [6.45, 7) is 0. The highest BCUT2D eigenvalue weighted by Crippen LogP contribution is 2.19. The van der Waals surface area contributed by atoms with Crippen molar-refractivity contribution < 1.29 is 4.74 Å². The monoisotopic (exact) mass is 232 g/mol. The largest absolute Gasteiger partial charge is 0.497 e. The number of aromatic nitrogens is 2. The first kappa shape index (κ1) is 11.2. The molecule has 1 aromatic heterocycles. The van der Waals surface area contributed by atoms with Gasteiger partial charge in [-0.3, -0.25) is 15.2 Å². The van der Waals surface area contributed by atoms with E-state index >= 15 is 0 Å². The number of hydrogen-bond acceptors (Lipinski definition) is 5. The average molecular weight is 232 g/mol. The number of nitrogens with zero attached hydrogens (tertiary/aromatic N) is 1. The molecular formula is C11H12N4O2. The summed E-state index contributed by atoms with van der Waals surface area (Å²) < 4.78 is 5.05. The zero-order valence-electron chi connectivity index (χ0n) is 9.23. The Morgan fingerprint density at radius 3 is 2.65 bits per heavy atom. The molecule has 88 valence electrons. The predicted molar refractivity (Wildman–Crippen MR) is 64.7 cm³/mol. The van der Waals surface area contributed by atoms with Crippen molar-refractivity contribution in [3.05, 3.63) is 40.7 Å². The summed E-state index contributed by atoms with van der Waals surface area (Å²) in [6, 6.07) is 8.64. The Morgan fingerprint density at radius 1 is 1.35 bits per heavy atom. The summed E-state index contributed by atoms with van der Waals surface area (Å²) >= 11 is 0. The van der Waals surface area contributed by atoms with E-state index in [-0.39, 0.29) is 11.5 Å². The predicted octanol–water partition coefficient (Wildman–Crippen LogP) is 0.731. The van der Waals surface area contributed by atoms with Gasteiger partial charge in [0.15, 0.2) is 0 Å². The van der Waals surface area contributed by atoms with Gasteiger partial charge < -0.3 is 4.74 Å². The first-order valence-corrected chi connectivity index (χ1v) is 4.95. The Morgan fingerprint density at radius 2 is 2.06 bits per heavy atom. The summed E-state index contributed by atoms with van der Waals surface area (Å²) in [7, 11) is 1.59. The summed E-state index contributed by atoms with van der Waals surface area (Å²) in [5, 5.41) is 0. The molecule has 0 unspecified atom stereocenters. The van der Waals surface area contributed by atoms with Crippen molar-refractivity contribution in [1.29, 1.82) is 0 Å². The molecule has 4 N–H and O–H groups in total. The van der Waals surface area contributed by atoms with Crippen LogP contribution in [0.3, 0.4) is 0 Å². The molecule has 0 spiro atoms. The number of hydrazine groups is 1. The third kappa shape index (κ3) is 2.43. The van der Waals surface area contributed by atoms with E-state index in [2.05, 4.69) is 15.4 Å². The van der Waals surface area contributed by atoms with Crippen molar-refractivity contribution in [2.75, 3.05) is 12.5 Å². The number of nitrogens with one attached hydrogen (secondary N) is 2. The third-order valence-electron chi connectivity index (χ3n) is 2.26. The molecule has 6 nitrogen and oxygen atoms in total. The quantitative estimate of drug-likeness (QED) is 0.536. The molecule has 0 radical (unpaired) electrons. The van der Waals surface area contributed by atoms with Gasteiger partial charge in [0.2, 0.25) is 5.95 Å². The number of H-pyrrole nitrogens is 1. The van der Waals surface area contributed by atoms with Crippen LogP contribution in [0.5, 0.6) is 5.75 Å². The van der Waals surface area contributed by atoms with Gasteiger partial charge in [0.25, 0.3) is 5.56 Å². The molecule has 2 aromatic rings. The van der Waals surface area contributed by atoms with Gasteiger partial charge in [-0.1, -0.05) is 0 Å². The molecule has 0 aliphatic carbocycles. The first-order valence-electron chi connectivity index (χ1n) is 4.95. The highest BCUT2D eigenvalue weighted by Gasteiger charge is 2.03. The molecule has 0 saturated heterocycles. The number of methoxy groups -OCH3 is 1. The lowest BCUT2D eigenvalue weighted by molar-refractivity contribution is 0.415. The lowest BCUT2D eigenvalue weighted by Crippen LogP contribution is -2.16. The minimum Gasteiger partial charge on any atom is -0.497 e. The molecule has 0 amide bonds. The summed E-state index contributed by atoms with van der Waals surface area (Å²) in [5.74, 6) is 6.18. The molecule has 0 saturated carbocycles. The summed E-state index contributed by atoms with van der Waals surface area (Å²) in [5.41, 5.74) is 3.40. The van der Waals surface area contributed by atoms with Crippen LogP contribution in [-0.4, -0.2) is 17.1 Å². The number of ether oxygens (including phenoxy) is 1. The SMILES string of the molecule is COc1ccc(-c2cc(=O)[nH]c(NN)n2)cc1. The van der Waals surface area contributed by atoms with Gasteiger partial charge in [0.1, 0.15) is 5.75 Å². The number of aromatic amines is 1. The van der Waals surface area contributed by atoms with Crippen LogP contribution >= 0.6 is 0 Å². The van der Waals surface area contributed by atoms with E-state index in [1.807, 2.05) is 12.1 Å². The van der Waals surface area contributed by atoms with Crippen LogP contribution in [0.25, 0.3) is 11.3 Å². The lowest BCUT2D eigenvalue weighted by Gasteiger charge is -2.04. The minimum atomic E-state index is -0.265. The molecule has 2 rings (SSSR count). The van der Waals surface area contributed by atoms with Gasteiger partial charge in [-0.25, -0.2) is 10.8 Å². The van der Waals surface area contributed by atoms with E-state index < -0.39 is 0 Å². The number of nitrogen functional groups attached to an aromatic ring is 1. The van der Waals surface area contributed by atoms with Crippen molar-refractivity contribution in [3.8, 4) is 17.0 Å². The normalized spacial score (nSPS) is 10.0. The first-order chi connectivity index (χ1) is 8.22. The second-order valence-electron chi connectivity index (χ2n) is 3.35. The summed E-state index contributed by atoms with van der Waals surface area (Å²) in [4.78, 5) is 18.0. The van der Waals surface area contributed by atoms with Crippen LogP contribution < -0.4 is 21.6 Å². The Balaban J connectivity index is 2.44. The van der Waals surface area contributed by atoms with Gasteiger partial charge >= 0.3 is 0 Å². The van der Waals surface area contributed by atoms with Gasteiger partial charge in [-0.05, 0) is 24.3 Å². The van der Waals surface area contributed by atoms with E-state index in [9.17, 15) is 4.79 Å². The number of anilines is 1. The van der Waals surface area contributed by atoms with E-state index in [0.29, 0.717) is 5.69 Å². The maximum absolute atomic E-state index is 11.4. The molecule has 0 aliphatic heterocycles. The Hall–Kier alpha value is -2.34. The number of benzene rings is 1. The zero-order valence-corrected chi connectivity index (χ0v) is 9.23. The summed E-state index contributed by atoms with van der Waals surface area (Å²) in [6.07, 6.45) is 0. The molecule has 1 aromatic carbocycles. The topological polar surface area (TPSA) is 93.0 Å². The molecule has 1 heterocycles. The molecular weight excluding hydrogens is 220 g/mol. The molecule has 17 heavy (non-hydrogen) atoms. The fourth-order valence-corrected chi connectivity index (χ4v) is 1.44. The van der Waals surface area contributed by atoms with Gasteiger partial charge in [-0.15, -0.1) is 0 Å². The van der Waals surface area contributed by atoms with Crippen molar-refractivity contribution in [2.24, 2.45) is 5.84 Å². The molecule has 0 atom stereocenters. The average Bonchev–Trinajstić information content (AvgIpc) is 2.38. The Labute approximate surface area is 97.4 Å². The standard InChI is InChI=1S/C11H12N4O2/c1-17-8-4-2-7(3-5-8)9-6-10(16)14-11(13-9)15-12/h2-6H,12H2,1H3,(H2,13,14,15,16). The van der Waals surface area contributed by atoms with E-state index in [0.717, 1.165) is 11.3 Å². The van der Waals surface area contributed by atoms with Crippen molar-refractivity contribution in [2.45, 2.75) is 0 Å². The van der Waals surface area contributed by atoms with Crippen molar-refractivity contribution >= 4 is 5.95 Å². The lowest BCUT2D eigenvalue weighted by atomic mass is 10.1. The Kier molecular flexibility index (Phi) is 3.06. The van der Waals surface area contributed by atoms with Gasteiger partial charge in [-0.2, -0.15) is 0 Å². The van der Waals surface area contributed by atoms with Crippen LogP contribution in [-0.2, 0) is 0 Å². The molecule has 0 aliphatic rings. The highest BCUT2D eigenvalue weighted by molar-refractivity contribution is 5.60.